The zero-order valence-electron chi connectivity index (χ0n) is 5.63. The Balaban J connectivity index is 2.96. The van der Waals surface area contributed by atoms with Gasteiger partial charge in [0.1, 0.15) is 0 Å². The van der Waals surface area contributed by atoms with Crippen LogP contribution in [0.25, 0.3) is 0 Å². The van der Waals surface area contributed by atoms with E-state index in [-0.39, 0.29) is 0 Å². The smallest absolute Gasteiger partial charge is 0.163 e. The molecule has 0 saturated carbocycles. The summed E-state index contributed by atoms with van der Waals surface area (Å²) in [6.07, 6.45) is 1.57. The Kier molecular flexibility index (Phi) is 5.46. The minimum atomic E-state index is -0.975. The van der Waals surface area contributed by atoms with E-state index >= 15 is 0 Å². The van der Waals surface area contributed by atoms with E-state index in [1.54, 1.807) is 0 Å². The van der Waals surface area contributed by atoms with Crippen molar-refractivity contribution in [3.63, 3.8) is 0 Å². The zero-order chi connectivity index (χ0) is 7.11. The van der Waals surface area contributed by atoms with E-state index in [4.69, 9.17) is 5.11 Å². The van der Waals surface area contributed by atoms with Gasteiger partial charge in [0.2, 0.25) is 0 Å². The number of aldehydes is 1. The van der Waals surface area contributed by atoms with Crippen molar-refractivity contribution in [1.82, 2.24) is 5.32 Å². The van der Waals surface area contributed by atoms with Crippen LogP contribution >= 0.6 is 0 Å². The highest BCUT2D eigenvalue weighted by molar-refractivity contribution is 5.54. The summed E-state index contributed by atoms with van der Waals surface area (Å²) in [5.41, 5.74) is 0. The van der Waals surface area contributed by atoms with Crippen LogP contribution in [0.3, 0.4) is 0 Å². The van der Waals surface area contributed by atoms with Crippen molar-refractivity contribution in [2.24, 2.45) is 0 Å². The number of hydrogen-bond acceptors (Lipinski definition) is 3. The van der Waals surface area contributed by atoms with Crippen LogP contribution < -0.4 is 5.32 Å². The van der Waals surface area contributed by atoms with E-state index in [1.807, 2.05) is 0 Å². The highest BCUT2D eigenvalue weighted by Gasteiger charge is 1.95. The first-order valence-corrected chi connectivity index (χ1v) is 3.18. The molecule has 0 aromatic carbocycles. The van der Waals surface area contributed by atoms with Gasteiger partial charge in [0.05, 0.1) is 0 Å². The van der Waals surface area contributed by atoms with Crippen molar-refractivity contribution >= 4 is 6.29 Å². The molecule has 0 aliphatic carbocycles. The molecular formula is C6H13NO2. The summed E-state index contributed by atoms with van der Waals surface area (Å²) >= 11 is 0. The van der Waals surface area contributed by atoms with Gasteiger partial charge in [-0.2, -0.15) is 0 Å². The first-order valence-electron chi connectivity index (χ1n) is 3.18. The summed E-state index contributed by atoms with van der Waals surface area (Å²) < 4.78 is 0. The normalized spacial score (nSPS) is 13.1. The Bertz CT molecular complexity index is 75.5. The monoisotopic (exact) mass is 131 g/mol. The van der Waals surface area contributed by atoms with Crippen molar-refractivity contribution in [2.75, 3.05) is 6.54 Å². The SMILES string of the molecule is CCCCNC(O)C=O. The second kappa shape index (κ2) is 5.72. The average Bonchev–Trinajstić information content (AvgIpc) is 1.89. The number of aliphatic hydroxyl groups excluding tert-OH is 1. The molecule has 1 unspecified atom stereocenters. The molecule has 0 heterocycles. The van der Waals surface area contributed by atoms with Crippen LogP contribution in [0.2, 0.25) is 0 Å². The minimum absolute atomic E-state index is 0.482. The molecule has 1 atom stereocenters. The molecule has 0 amide bonds. The Hall–Kier alpha value is -0.410. The van der Waals surface area contributed by atoms with E-state index in [0.29, 0.717) is 12.8 Å². The summed E-state index contributed by atoms with van der Waals surface area (Å²) in [6.45, 7) is 2.76. The lowest BCUT2D eigenvalue weighted by Gasteiger charge is -2.03. The summed E-state index contributed by atoms with van der Waals surface area (Å²) in [4.78, 5) is 9.79. The van der Waals surface area contributed by atoms with Crippen LogP contribution in [-0.4, -0.2) is 24.2 Å². The highest BCUT2D eigenvalue weighted by atomic mass is 16.3. The number of carbonyl (C=O) groups excluding carboxylic acids is 1. The summed E-state index contributed by atoms with van der Waals surface area (Å²) in [5.74, 6) is 0. The number of carbonyl (C=O) groups is 1. The number of nitrogens with one attached hydrogen (secondary N) is 1. The fourth-order valence-corrected chi connectivity index (χ4v) is 0.475. The minimum Gasteiger partial charge on any atom is -0.372 e. The van der Waals surface area contributed by atoms with Crippen molar-refractivity contribution in [3.05, 3.63) is 0 Å². The maximum Gasteiger partial charge on any atom is 0.163 e. The van der Waals surface area contributed by atoms with Gasteiger partial charge in [-0.05, 0) is 13.0 Å². The molecule has 0 aromatic rings. The molecule has 9 heavy (non-hydrogen) atoms. The third kappa shape index (κ3) is 5.46. The van der Waals surface area contributed by atoms with Gasteiger partial charge in [0.25, 0.3) is 0 Å². The topological polar surface area (TPSA) is 49.3 Å². The molecule has 3 heteroatoms. The maximum absolute atomic E-state index is 9.79. The number of unbranched alkanes of at least 4 members (excludes halogenated alkanes) is 1. The van der Waals surface area contributed by atoms with Crippen LogP contribution in [0.15, 0.2) is 0 Å². The highest BCUT2D eigenvalue weighted by Crippen LogP contribution is 1.82. The van der Waals surface area contributed by atoms with Crippen LogP contribution in [0, 0.1) is 0 Å². The van der Waals surface area contributed by atoms with Gasteiger partial charge in [-0.3, -0.25) is 10.1 Å². The van der Waals surface area contributed by atoms with Gasteiger partial charge in [-0.1, -0.05) is 13.3 Å². The molecule has 0 radical (unpaired) electrons. The number of aliphatic hydroxyl groups is 1. The molecule has 54 valence electrons. The number of hydrogen-bond donors (Lipinski definition) is 2. The molecule has 3 nitrogen and oxygen atoms in total. The molecule has 0 aromatic heterocycles. The largest absolute Gasteiger partial charge is 0.372 e. The van der Waals surface area contributed by atoms with E-state index in [9.17, 15) is 4.79 Å². The van der Waals surface area contributed by atoms with Gasteiger partial charge in [-0.25, -0.2) is 0 Å². The quantitative estimate of drug-likeness (QED) is 0.311. The van der Waals surface area contributed by atoms with Crippen molar-refractivity contribution in [3.8, 4) is 0 Å². The second-order valence-corrected chi connectivity index (χ2v) is 1.89. The van der Waals surface area contributed by atoms with Gasteiger partial charge in [-0.15, -0.1) is 0 Å². The lowest BCUT2D eigenvalue weighted by molar-refractivity contribution is -0.116. The first kappa shape index (κ1) is 8.59. The van der Waals surface area contributed by atoms with E-state index in [1.165, 1.54) is 0 Å². The number of rotatable bonds is 5. The fraction of sp³-hybridized carbons (Fsp3) is 0.833. The lowest BCUT2D eigenvalue weighted by Crippen LogP contribution is -2.30. The maximum atomic E-state index is 9.79. The fourth-order valence-electron chi connectivity index (χ4n) is 0.475. The molecule has 0 spiro atoms. The molecule has 0 aliphatic rings. The average molecular weight is 131 g/mol. The van der Waals surface area contributed by atoms with Crippen molar-refractivity contribution in [1.29, 1.82) is 0 Å². The Morgan fingerprint density at radius 2 is 2.44 bits per heavy atom. The third-order valence-corrected chi connectivity index (χ3v) is 1.01. The summed E-state index contributed by atoms with van der Waals surface area (Å²) in [5, 5.41) is 11.2. The Morgan fingerprint density at radius 3 is 2.89 bits per heavy atom. The van der Waals surface area contributed by atoms with Gasteiger partial charge in [0, 0.05) is 0 Å². The summed E-state index contributed by atoms with van der Waals surface area (Å²) in [7, 11) is 0. The second-order valence-electron chi connectivity index (χ2n) is 1.89. The Morgan fingerprint density at radius 1 is 1.78 bits per heavy atom. The molecule has 2 N–H and O–H groups in total. The van der Waals surface area contributed by atoms with Crippen LogP contribution in [0.1, 0.15) is 19.8 Å². The molecule has 0 aliphatic heterocycles. The lowest BCUT2D eigenvalue weighted by atomic mass is 10.3. The van der Waals surface area contributed by atoms with E-state index < -0.39 is 6.23 Å². The summed E-state index contributed by atoms with van der Waals surface area (Å²) in [6, 6.07) is 0. The van der Waals surface area contributed by atoms with Gasteiger partial charge < -0.3 is 5.11 Å². The van der Waals surface area contributed by atoms with E-state index in [0.717, 1.165) is 12.8 Å². The predicted molar refractivity (Wildman–Crippen MR) is 35.0 cm³/mol. The molecular weight excluding hydrogens is 118 g/mol. The predicted octanol–water partition coefficient (Wildman–Crippen LogP) is -0.107. The van der Waals surface area contributed by atoms with Crippen LogP contribution in [0.4, 0.5) is 0 Å². The first-order chi connectivity index (χ1) is 4.31. The van der Waals surface area contributed by atoms with Gasteiger partial charge in [0.15, 0.2) is 12.5 Å². The van der Waals surface area contributed by atoms with Crippen molar-refractivity contribution in [2.45, 2.75) is 26.0 Å². The molecule has 0 rings (SSSR count). The van der Waals surface area contributed by atoms with Crippen LogP contribution in [-0.2, 0) is 4.79 Å². The van der Waals surface area contributed by atoms with Crippen LogP contribution in [0.5, 0.6) is 0 Å². The van der Waals surface area contributed by atoms with E-state index in [2.05, 4.69) is 12.2 Å². The Labute approximate surface area is 55.1 Å². The molecule has 0 bridgehead atoms. The molecule has 0 fully saturated rings. The third-order valence-electron chi connectivity index (χ3n) is 1.01. The molecule has 0 saturated heterocycles. The van der Waals surface area contributed by atoms with Crippen molar-refractivity contribution < 1.29 is 9.90 Å². The standard InChI is InChI=1S/C6H13NO2/c1-2-3-4-7-6(9)5-8/h5-7,9H,2-4H2,1H3. The zero-order valence-corrected chi connectivity index (χ0v) is 5.63. The van der Waals surface area contributed by atoms with Gasteiger partial charge >= 0.3 is 0 Å².